The van der Waals surface area contributed by atoms with E-state index >= 15 is 0 Å². The summed E-state index contributed by atoms with van der Waals surface area (Å²) in [7, 11) is 0. The zero-order chi connectivity index (χ0) is 21.0. The predicted octanol–water partition coefficient (Wildman–Crippen LogP) is 3.82. The second kappa shape index (κ2) is 8.86. The number of nitrogens with zero attached hydrogens (tertiary/aromatic N) is 1. The van der Waals surface area contributed by atoms with Crippen LogP contribution < -0.4 is 5.32 Å². The molecule has 0 bridgehead atoms. The van der Waals surface area contributed by atoms with Crippen LogP contribution in [0.4, 0.5) is 5.69 Å². The Morgan fingerprint density at radius 3 is 2.55 bits per heavy atom. The van der Waals surface area contributed by atoms with Gasteiger partial charge in [0.05, 0.1) is 16.5 Å². The summed E-state index contributed by atoms with van der Waals surface area (Å²) < 4.78 is 5.05. The van der Waals surface area contributed by atoms with Crippen LogP contribution in [0.25, 0.3) is 0 Å². The molecular formula is C22H24N2O5. The number of hydrogen-bond donors (Lipinski definition) is 1. The fourth-order valence-electron chi connectivity index (χ4n) is 3.59. The Kier molecular flexibility index (Phi) is 6.26. The summed E-state index contributed by atoms with van der Waals surface area (Å²) in [5, 5.41) is 13.7. The van der Waals surface area contributed by atoms with E-state index in [-0.39, 0.29) is 17.3 Å². The van der Waals surface area contributed by atoms with Crippen LogP contribution in [0.2, 0.25) is 0 Å². The van der Waals surface area contributed by atoms with E-state index in [2.05, 4.69) is 17.4 Å². The molecule has 1 amide bonds. The van der Waals surface area contributed by atoms with Crippen molar-refractivity contribution in [2.24, 2.45) is 0 Å². The van der Waals surface area contributed by atoms with E-state index in [4.69, 9.17) is 4.74 Å². The summed E-state index contributed by atoms with van der Waals surface area (Å²) in [6, 6.07) is 10.1. The van der Waals surface area contributed by atoms with E-state index in [1.165, 1.54) is 42.2 Å². The van der Waals surface area contributed by atoms with Gasteiger partial charge in [-0.3, -0.25) is 14.9 Å². The standard InChI is InChI=1S/C22H24N2O5/c1-14-11-19(9-10-20(14)24(27)28)22(26)29-13-21(25)23-15(2)17-8-7-16-5-3-4-6-18(16)12-17/h7-12,15H,3-6,13H2,1-2H3,(H,23,25)/t15-/m1/s1. The van der Waals surface area contributed by atoms with Crippen molar-refractivity contribution in [2.75, 3.05) is 6.61 Å². The largest absolute Gasteiger partial charge is 0.452 e. The molecule has 0 radical (unpaired) electrons. The van der Waals surface area contributed by atoms with Crippen molar-refractivity contribution in [3.05, 3.63) is 74.3 Å². The summed E-state index contributed by atoms with van der Waals surface area (Å²) in [5.41, 5.74) is 4.20. The molecule has 1 aliphatic carbocycles. The Labute approximate surface area is 169 Å². The molecule has 0 fully saturated rings. The molecule has 29 heavy (non-hydrogen) atoms. The Morgan fingerprint density at radius 1 is 1.14 bits per heavy atom. The summed E-state index contributed by atoms with van der Waals surface area (Å²) in [4.78, 5) is 34.7. The maximum Gasteiger partial charge on any atom is 0.338 e. The highest BCUT2D eigenvalue weighted by Gasteiger charge is 2.17. The predicted molar refractivity (Wildman–Crippen MR) is 108 cm³/mol. The fourth-order valence-corrected chi connectivity index (χ4v) is 3.59. The summed E-state index contributed by atoms with van der Waals surface area (Å²) in [6.45, 7) is 3.02. The second-order valence-electron chi connectivity index (χ2n) is 7.36. The Morgan fingerprint density at radius 2 is 1.86 bits per heavy atom. The Balaban J connectivity index is 1.55. The lowest BCUT2D eigenvalue weighted by atomic mass is 9.89. The number of nitrogens with one attached hydrogen (secondary N) is 1. The van der Waals surface area contributed by atoms with Gasteiger partial charge in [0.2, 0.25) is 0 Å². The van der Waals surface area contributed by atoms with Gasteiger partial charge in [-0.25, -0.2) is 4.79 Å². The van der Waals surface area contributed by atoms with Gasteiger partial charge in [-0.2, -0.15) is 0 Å². The number of benzene rings is 2. The van der Waals surface area contributed by atoms with Crippen molar-refractivity contribution < 1.29 is 19.2 Å². The zero-order valence-electron chi connectivity index (χ0n) is 16.6. The molecule has 152 valence electrons. The van der Waals surface area contributed by atoms with E-state index in [1.807, 2.05) is 13.0 Å². The van der Waals surface area contributed by atoms with Crippen molar-refractivity contribution in [2.45, 2.75) is 45.6 Å². The third kappa shape index (κ3) is 4.99. The highest BCUT2D eigenvalue weighted by molar-refractivity contribution is 5.91. The third-order valence-electron chi connectivity index (χ3n) is 5.21. The summed E-state index contributed by atoms with van der Waals surface area (Å²) >= 11 is 0. The average molecular weight is 396 g/mol. The van der Waals surface area contributed by atoms with Crippen molar-refractivity contribution in [1.82, 2.24) is 5.32 Å². The van der Waals surface area contributed by atoms with Gasteiger partial charge in [-0.05, 0) is 68.4 Å². The molecule has 7 heteroatoms. The molecule has 1 atom stereocenters. The van der Waals surface area contributed by atoms with Crippen LogP contribution in [0.1, 0.15) is 58.4 Å². The molecule has 0 spiro atoms. The number of fused-ring (bicyclic) bond motifs is 1. The first-order valence-electron chi connectivity index (χ1n) is 9.68. The van der Waals surface area contributed by atoms with Crippen molar-refractivity contribution in [3.8, 4) is 0 Å². The lowest BCUT2D eigenvalue weighted by Crippen LogP contribution is -2.31. The number of nitro benzene ring substituents is 1. The quantitative estimate of drug-likeness (QED) is 0.455. The molecule has 0 saturated heterocycles. The monoisotopic (exact) mass is 396 g/mol. The molecule has 1 N–H and O–H groups in total. The molecule has 0 aliphatic heterocycles. The van der Waals surface area contributed by atoms with Gasteiger partial charge >= 0.3 is 5.97 Å². The molecule has 0 heterocycles. The number of aryl methyl sites for hydroxylation is 3. The highest BCUT2D eigenvalue weighted by atomic mass is 16.6. The lowest BCUT2D eigenvalue weighted by Gasteiger charge is -2.20. The van der Waals surface area contributed by atoms with Crippen LogP contribution in [0.15, 0.2) is 36.4 Å². The van der Waals surface area contributed by atoms with Crippen LogP contribution in [-0.4, -0.2) is 23.4 Å². The van der Waals surface area contributed by atoms with Gasteiger partial charge in [-0.15, -0.1) is 0 Å². The average Bonchev–Trinajstić information content (AvgIpc) is 2.71. The third-order valence-corrected chi connectivity index (χ3v) is 5.21. The van der Waals surface area contributed by atoms with Crippen molar-refractivity contribution in [1.29, 1.82) is 0 Å². The number of amides is 1. The molecule has 7 nitrogen and oxygen atoms in total. The Bertz CT molecular complexity index is 954. The van der Waals surface area contributed by atoms with Crippen molar-refractivity contribution >= 4 is 17.6 Å². The number of nitro groups is 1. The summed E-state index contributed by atoms with van der Waals surface area (Å²) in [5.74, 6) is -1.10. The first-order chi connectivity index (χ1) is 13.8. The van der Waals surface area contributed by atoms with Gasteiger partial charge in [0.25, 0.3) is 11.6 Å². The maximum atomic E-state index is 12.2. The first kappa shape index (κ1) is 20.5. The van der Waals surface area contributed by atoms with E-state index in [9.17, 15) is 19.7 Å². The molecule has 3 rings (SSSR count). The molecule has 0 saturated carbocycles. The van der Waals surface area contributed by atoms with E-state index in [0.29, 0.717) is 5.56 Å². The molecular weight excluding hydrogens is 372 g/mol. The summed E-state index contributed by atoms with van der Waals surface area (Å²) in [6.07, 6.45) is 4.58. The van der Waals surface area contributed by atoms with Crippen LogP contribution >= 0.6 is 0 Å². The minimum Gasteiger partial charge on any atom is -0.452 e. The smallest absolute Gasteiger partial charge is 0.338 e. The molecule has 2 aromatic rings. The molecule has 0 aromatic heterocycles. The first-order valence-corrected chi connectivity index (χ1v) is 9.68. The second-order valence-corrected chi connectivity index (χ2v) is 7.36. The fraction of sp³-hybridized carbons (Fsp3) is 0.364. The van der Waals surface area contributed by atoms with Gasteiger partial charge in [0, 0.05) is 11.6 Å². The number of carbonyl (C=O) groups excluding carboxylic acids is 2. The zero-order valence-corrected chi connectivity index (χ0v) is 16.6. The van der Waals surface area contributed by atoms with Crippen LogP contribution in [0.5, 0.6) is 0 Å². The number of hydrogen-bond acceptors (Lipinski definition) is 5. The normalized spacial score (nSPS) is 13.9. The number of carbonyl (C=O) groups is 2. The van der Waals surface area contributed by atoms with Crippen LogP contribution in [0, 0.1) is 17.0 Å². The van der Waals surface area contributed by atoms with E-state index in [1.54, 1.807) is 6.92 Å². The van der Waals surface area contributed by atoms with Gasteiger partial charge in [0.1, 0.15) is 0 Å². The molecule has 0 unspecified atom stereocenters. The van der Waals surface area contributed by atoms with Crippen LogP contribution in [0.3, 0.4) is 0 Å². The SMILES string of the molecule is Cc1cc(C(=O)OCC(=O)N[C@H](C)c2ccc3c(c2)CCCC3)ccc1[N+](=O)[O-]. The van der Waals surface area contributed by atoms with Gasteiger partial charge in [0.15, 0.2) is 6.61 Å². The molecule has 2 aromatic carbocycles. The minimum absolute atomic E-state index is 0.0711. The van der Waals surface area contributed by atoms with E-state index in [0.717, 1.165) is 18.4 Å². The van der Waals surface area contributed by atoms with Gasteiger partial charge < -0.3 is 10.1 Å². The van der Waals surface area contributed by atoms with E-state index < -0.39 is 23.4 Å². The molecule has 1 aliphatic rings. The Hall–Kier alpha value is -3.22. The number of rotatable bonds is 6. The van der Waals surface area contributed by atoms with Crippen molar-refractivity contribution in [3.63, 3.8) is 0 Å². The number of esters is 1. The minimum atomic E-state index is -0.695. The van der Waals surface area contributed by atoms with Gasteiger partial charge in [-0.1, -0.05) is 18.2 Å². The highest BCUT2D eigenvalue weighted by Crippen LogP contribution is 2.25. The topological polar surface area (TPSA) is 98.5 Å². The lowest BCUT2D eigenvalue weighted by molar-refractivity contribution is -0.385. The maximum absolute atomic E-state index is 12.2. The van der Waals surface area contributed by atoms with Crippen LogP contribution in [-0.2, 0) is 22.4 Å². The number of ether oxygens (including phenoxy) is 1.